The van der Waals surface area contributed by atoms with Gasteiger partial charge in [0.25, 0.3) is 0 Å². The van der Waals surface area contributed by atoms with Crippen LogP contribution in [-0.2, 0) is 14.3 Å². The topological polar surface area (TPSA) is 54.0 Å². The molecule has 0 atom stereocenters. The van der Waals surface area contributed by atoms with Gasteiger partial charge in [-0.1, -0.05) is 13.3 Å². The molecule has 0 bridgehead atoms. The minimum absolute atomic E-state index is 0.230. The second kappa shape index (κ2) is 10.3. The number of halogens is 3. The van der Waals surface area contributed by atoms with Gasteiger partial charge in [-0.05, 0) is 32.1 Å². The molecule has 0 spiro atoms. The molecule has 0 radical (unpaired) electrons. The molecule has 0 aromatic heterocycles. The van der Waals surface area contributed by atoms with Gasteiger partial charge in [-0.2, -0.15) is 0 Å². The van der Waals surface area contributed by atoms with Crippen molar-refractivity contribution in [2.45, 2.75) is 51.7 Å². The zero-order valence-electron chi connectivity index (χ0n) is 16.5. The van der Waals surface area contributed by atoms with Crippen molar-refractivity contribution in [1.29, 1.82) is 0 Å². The van der Waals surface area contributed by atoms with E-state index in [1.54, 1.807) is 0 Å². The van der Waals surface area contributed by atoms with Gasteiger partial charge in [-0.25, -0.2) is 13.2 Å². The Morgan fingerprint density at radius 1 is 1.10 bits per heavy atom. The summed E-state index contributed by atoms with van der Waals surface area (Å²) in [5.41, 5.74) is 0. The van der Waals surface area contributed by atoms with Crippen molar-refractivity contribution < 1.29 is 36.9 Å². The van der Waals surface area contributed by atoms with Crippen LogP contribution in [0.5, 0.6) is 11.5 Å². The highest BCUT2D eigenvalue weighted by atomic mass is 19.1. The zero-order chi connectivity index (χ0) is 20.8. The van der Waals surface area contributed by atoms with Gasteiger partial charge in [0, 0.05) is 24.0 Å². The highest BCUT2D eigenvalue weighted by Gasteiger charge is 2.35. The van der Waals surface area contributed by atoms with Gasteiger partial charge in [-0.15, -0.1) is 0 Å². The van der Waals surface area contributed by atoms with Crippen molar-refractivity contribution in [2.24, 2.45) is 17.8 Å². The Kier molecular flexibility index (Phi) is 7.77. The molecule has 2 fully saturated rings. The normalized spacial score (nSPS) is 27.4. The van der Waals surface area contributed by atoms with E-state index in [1.807, 2.05) is 0 Å². The fourth-order valence-electron chi connectivity index (χ4n) is 4.02. The molecule has 29 heavy (non-hydrogen) atoms. The van der Waals surface area contributed by atoms with Crippen molar-refractivity contribution in [3.63, 3.8) is 0 Å². The quantitative estimate of drug-likeness (QED) is 0.473. The largest absolute Gasteiger partial charge is 0.457 e. The number of hydrogen-bond acceptors (Lipinski definition) is 5. The predicted molar refractivity (Wildman–Crippen MR) is 98.1 cm³/mol. The van der Waals surface area contributed by atoms with Crippen LogP contribution in [0.1, 0.15) is 45.4 Å². The summed E-state index contributed by atoms with van der Waals surface area (Å²) in [6, 6.07) is 1.63. The molecule has 162 valence electrons. The Hall–Kier alpha value is -1.80. The Bertz CT molecular complexity index is 660. The van der Waals surface area contributed by atoms with Crippen molar-refractivity contribution in [2.75, 3.05) is 20.1 Å². The summed E-state index contributed by atoms with van der Waals surface area (Å²) in [7, 11) is 0. The first-order valence-corrected chi connectivity index (χ1v) is 10.1. The molecule has 1 aromatic rings. The minimum atomic E-state index is -1.36. The Morgan fingerprint density at radius 2 is 1.72 bits per heavy atom. The first kappa shape index (κ1) is 21.9. The highest BCUT2D eigenvalue weighted by Crippen LogP contribution is 2.35. The second-order valence-corrected chi connectivity index (χ2v) is 7.69. The maximum Gasteiger partial charge on any atom is 0.314 e. The maximum atomic E-state index is 13.8. The van der Waals surface area contributed by atoms with Gasteiger partial charge >= 0.3 is 5.97 Å². The van der Waals surface area contributed by atoms with Crippen LogP contribution in [0.25, 0.3) is 0 Å². The molecular formula is C21H27F3O5. The fraction of sp³-hybridized carbons (Fsp3) is 0.667. The molecule has 1 heterocycles. The third-order valence-electron chi connectivity index (χ3n) is 5.57. The molecule has 1 aliphatic carbocycles. The van der Waals surface area contributed by atoms with E-state index in [1.165, 1.54) is 0 Å². The zero-order valence-corrected chi connectivity index (χ0v) is 16.5. The number of hydrogen-bond donors (Lipinski definition) is 0. The van der Waals surface area contributed by atoms with Gasteiger partial charge in [0.1, 0.15) is 5.75 Å². The van der Waals surface area contributed by atoms with Crippen LogP contribution in [0.3, 0.4) is 0 Å². The molecule has 1 saturated carbocycles. The summed E-state index contributed by atoms with van der Waals surface area (Å²) < 4.78 is 60.8. The van der Waals surface area contributed by atoms with Crippen LogP contribution >= 0.6 is 0 Å². The fourth-order valence-corrected chi connectivity index (χ4v) is 4.02. The molecule has 0 amide bonds. The Balaban J connectivity index is 1.48. The Labute approximate surface area is 168 Å². The molecule has 1 saturated heterocycles. The molecule has 3 rings (SSSR count). The summed E-state index contributed by atoms with van der Waals surface area (Å²) in [4.78, 5) is 12.4. The third kappa shape index (κ3) is 5.63. The number of carbonyl (C=O) groups is 1. The smallest absolute Gasteiger partial charge is 0.314 e. The standard InChI is InChI=1S/C21H27F3O5/c1-2-3-13-10-26-21(27-11-13)15-6-4-14(5-7-15)20(25)29-16-8-17(23)19(28-12-22)18(24)9-16/h8-9,13-15,21H,2-7,10-12H2,1H3. The first-order valence-electron chi connectivity index (χ1n) is 10.1. The lowest BCUT2D eigenvalue weighted by Gasteiger charge is -2.37. The van der Waals surface area contributed by atoms with Crippen LogP contribution in [0.4, 0.5) is 13.2 Å². The lowest BCUT2D eigenvalue weighted by Crippen LogP contribution is -2.39. The molecule has 0 unspecified atom stereocenters. The van der Waals surface area contributed by atoms with E-state index in [0.29, 0.717) is 32.0 Å². The van der Waals surface area contributed by atoms with Gasteiger partial charge in [0.15, 0.2) is 23.7 Å². The number of esters is 1. The number of ether oxygens (including phenoxy) is 4. The number of benzene rings is 1. The van der Waals surface area contributed by atoms with Gasteiger partial charge in [-0.3, -0.25) is 4.79 Å². The summed E-state index contributed by atoms with van der Waals surface area (Å²) in [5.74, 6) is -3.55. The summed E-state index contributed by atoms with van der Waals surface area (Å²) in [5, 5.41) is 0. The molecule has 1 aromatic carbocycles. The van der Waals surface area contributed by atoms with Crippen LogP contribution in [0.15, 0.2) is 12.1 Å². The van der Waals surface area contributed by atoms with Gasteiger partial charge < -0.3 is 18.9 Å². The molecular weight excluding hydrogens is 389 g/mol. The van der Waals surface area contributed by atoms with Gasteiger partial charge in [0.05, 0.1) is 19.1 Å². The van der Waals surface area contributed by atoms with Crippen molar-refractivity contribution in [3.8, 4) is 11.5 Å². The predicted octanol–water partition coefficient (Wildman–Crippen LogP) is 4.77. The van der Waals surface area contributed by atoms with Crippen molar-refractivity contribution >= 4 is 5.97 Å². The van der Waals surface area contributed by atoms with Crippen LogP contribution in [-0.4, -0.2) is 32.3 Å². The lowest BCUT2D eigenvalue weighted by atomic mass is 9.81. The Morgan fingerprint density at radius 3 is 2.28 bits per heavy atom. The molecule has 8 heteroatoms. The number of carbonyl (C=O) groups excluding carboxylic acids is 1. The number of rotatable bonds is 7. The monoisotopic (exact) mass is 416 g/mol. The average molecular weight is 416 g/mol. The molecule has 5 nitrogen and oxygen atoms in total. The highest BCUT2D eigenvalue weighted by molar-refractivity contribution is 5.75. The van der Waals surface area contributed by atoms with E-state index >= 15 is 0 Å². The molecule has 0 N–H and O–H groups in total. The third-order valence-corrected chi connectivity index (χ3v) is 5.57. The summed E-state index contributed by atoms with van der Waals surface area (Å²) in [6.45, 7) is 2.20. The van der Waals surface area contributed by atoms with Crippen molar-refractivity contribution in [3.05, 3.63) is 23.8 Å². The minimum Gasteiger partial charge on any atom is -0.457 e. The van der Waals surface area contributed by atoms with Crippen LogP contribution < -0.4 is 9.47 Å². The van der Waals surface area contributed by atoms with Gasteiger partial charge in [0.2, 0.25) is 6.86 Å². The lowest BCUT2D eigenvalue weighted by molar-refractivity contribution is -0.230. The van der Waals surface area contributed by atoms with Crippen LogP contribution in [0.2, 0.25) is 0 Å². The molecule has 1 aliphatic heterocycles. The molecule has 2 aliphatic rings. The van der Waals surface area contributed by atoms with Crippen molar-refractivity contribution in [1.82, 2.24) is 0 Å². The first-order chi connectivity index (χ1) is 14.0. The summed E-state index contributed by atoms with van der Waals surface area (Å²) in [6.07, 6.45) is 4.68. The second-order valence-electron chi connectivity index (χ2n) is 7.69. The SMILES string of the molecule is CCCC1COC(C2CCC(C(=O)Oc3cc(F)c(OCF)c(F)c3)CC2)OC1. The van der Waals surface area contributed by atoms with E-state index in [2.05, 4.69) is 11.7 Å². The van der Waals surface area contributed by atoms with E-state index < -0.39 is 30.2 Å². The van der Waals surface area contributed by atoms with Crippen LogP contribution in [0, 0.1) is 29.4 Å². The van der Waals surface area contributed by atoms with E-state index in [-0.39, 0.29) is 23.9 Å². The van der Waals surface area contributed by atoms with E-state index in [9.17, 15) is 18.0 Å². The number of alkyl halides is 1. The maximum absolute atomic E-state index is 13.8. The summed E-state index contributed by atoms with van der Waals surface area (Å²) >= 11 is 0. The average Bonchev–Trinajstić information content (AvgIpc) is 2.72. The van der Waals surface area contributed by atoms with E-state index in [0.717, 1.165) is 37.8 Å². The van der Waals surface area contributed by atoms with E-state index in [4.69, 9.17) is 14.2 Å².